The Morgan fingerprint density at radius 2 is 2.00 bits per heavy atom. The van der Waals surface area contributed by atoms with Crippen molar-refractivity contribution in [3.63, 3.8) is 0 Å². The molecular weight excluding hydrogens is 253 g/mol. The highest BCUT2D eigenvalue weighted by Gasteiger charge is 2.55. The van der Waals surface area contributed by atoms with E-state index in [9.17, 15) is 0 Å². The molecule has 1 saturated carbocycles. The Balaban J connectivity index is 0.00000147. The van der Waals surface area contributed by atoms with Gasteiger partial charge >= 0.3 is 0 Å². The molecule has 0 bridgehead atoms. The van der Waals surface area contributed by atoms with Gasteiger partial charge in [0.1, 0.15) is 5.75 Å². The quantitative estimate of drug-likeness (QED) is 0.710. The summed E-state index contributed by atoms with van der Waals surface area (Å²) < 4.78 is 6.63. The predicted octanol–water partition coefficient (Wildman–Crippen LogP) is 0.360. The zero-order valence-electron chi connectivity index (χ0n) is 12.9. The Morgan fingerprint density at radius 1 is 1.20 bits per heavy atom. The maximum atomic E-state index is 5.44. The number of likely N-dealkylation sites (N-methyl/N-ethyl adjacent to an activating group) is 1. The van der Waals surface area contributed by atoms with Crippen LogP contribution in [0.1, 0.15) is 37.7 Å². The first-order valence-electron chi connectivity index (χ1n) is 7.56. The van der Waals surface area contributed by atoms with Gasteiger partial charge in [-0.05, 0) is 30.5 Å². The third kappa shape index (κ3) is 2.22. The number of halogens is 1. The number of rotatable bonds is 2. The van der Waals surface area contributed by atoms with Gasteiger partial charge in [0.15, 0.2) is 0 Å². The zero-order chi connectivity index (χ0) is 13.5. The van der Waals surface area contributed by atoms with Gasteiger partial charge in [-0.3, -0.25) is 0 Å². The molecule has 1 aliphatic heterocycles. The highest BCUT2D eigenvalue weighted by atomic mass is 19.0. The maximum absolute atomic E-state index is 5.44. The van der Waals surface area contributed by atoms with E-state index in [4.69, 9.17) is 4.74 Å². The van der Waals surface area contributed by atoms with Crippen molar-refractivity contribution in [2.24, 2.45) is 0 Å². The highest BCUT2D eigenvalue weighted by Crippen LogP contribution is 2.51. The van der Waals surface area contributed by atoms with E-state index in [2.05, 4.69) is 38.4 Å². The Kier molecular flexibility index (Phi) is 4.10. The monoisotopic (exact) mass is 279 g/mol. The molecule has 0 amide bonds. The van der Waals surface area contributed by atoms with Crippen LogP contribution in [-0.4, -0.2) is 38.3 Å². The van der Waals surface area contributed by atoms with Gasteiger partial charge in [0, 0.05) is 12.8 Å². The van der Waals surface area contributed by atoms with Gasteiger partial charge in [0.05, 0.1) is 39.2 Å². The Morgan fingerprint density at radius 3 is 2.75 bits per heavy atom. The minimum Gasteiger partial charge on any atom is -1.00 e. The van der Waals surface area contributed by atoms with Crippen LogP contribution in [0.3, 0.4) is 0 Å². The third-order valence-electron chi connectivity index (χ3n) is 5.61. The van der Waals surface area contributed by atoms with Crippen LogP contribution in [0.5, 0.6) is 5.75 Å². The molecule has 20 heavy (non-hydrogen) atoms. The lowest BCUT2D eigenvalue weighted by atomic mass is 9.66. The number of quaternary nitrogens is 1. The normalized spacial score (nSPS) is 31.2. The average Bonchev–Trinajstić information content (AvgIpc) is 2.73. The SMILES string of the molecule is COc1cccc(C23CCCCC2[N+](C)(C)CC3)c1.[F-]. The Labute approximate surface area is 121 Å². The van der Waals surface area contributed by atoms with Crippen molar-refractivity contribution in [2.75, 3.05) is 27.7 Å². The van der Waals surface area contributed by atoms with Crippen LogP contribution in [0, 0.1) is 0 Å². The first kappa shape index (κ1) is 15.3. The number of nitrogens with zero attached hydrogens (tertiary/aromatic N) is 1. The van der Waals surface area contributed by atoms with E-state index in [0.29, 0.717) is 5.41 Å². The molecule has 0 N–H and O–H groups in total. The zero-order valence-corrected chi connectivity index (χ0v) is 12.9. The number of hydrogen-bond donors (Lipinski definition) is 0. The fourth-order valence-electron chi connectivity index (χ4n) is 4.59. The highest BCUT2D eigenvalue weighted by molar-refractivity contribution is 5.36. The van der Waals surface area contributed by atoms with Crippen LogP contribution >= 0.6 is 0 Å². The lowest BCUT2D eigenvalue weighted by Gasteiger charge is -2.43. The minimum absolute atomic E-state index is 0. The lowest BCUT2D eigenvalue weighted by molar-refractivity contribution is -0.905. The Hall–Kier alpha value is -1.09. The van der Waals surface area contributed by atoms with Gasteiger partial charge in [0.25, 0.3) is 0 Å². The van der Waals surface area contributed by atoms with Crippen LogP contribution in [-0.2, 0) is 5.41 Å². The van der Waals surface area contributed by atoms with E-state index < -0.39 is 0 Å². The van der Waals surface area contributed by atoms with Gasteiger partial charge in [-0.1, -0.05) is 18.6 Å². The number of hydrogen-bond acceptors (Lipinski definition) is 1. The molecule has 3 heteroatoms. The number of likely N-dealkylation sites (tertiary alicyclic amines) is 1. The van der Waals surface area contributed by atoms with Crippen molar-refractivity contribution in [1.82, 2.24) is 0 Å². The van der Waals surface area contributed by atoms with E-state index >= 15 is 0 Å². The van der Waals surface area contributed by atoms with Gasteiger partial charge in [-0.2, -0.15) is 0 Å². The van der Waals surface area contributed by atoms with Crippen LogP contribution in [0.25, 0.3) is 0 Å². The van der Waals surface area contributed by atoms with Gasteiger partial charge in [0.2, 0.25) is 0 Å². The fourth-order valence-corrected chi connectivity index (χ4v) is 4.59. The molecule has 1 aromatic rings. The number of methoxy groups -OCH3 is 1. The second kappa shape index (κ2) is 5.36. The van der Waals surface area contributed by atoms with Crippen molar-refractivity contribution >= 4 is 0 Å². The lowest BCUT2D eigenvalue weighted by Crippen LogP contribution is -3.00. The predicted molar refractivity (Wildman–Crippen MR) is 78.5 cm³/mol. The molecule has 2 atom stereocenters. The molecule has 0 radical (unpaired) electrons. The molecule has 1 aromatic carbocycles. The van der Waals surface area contributed by atoms with Crippen molar-refractivity contribution in [1.29, 1.82) is 0 Å². The van der Waals surface area contributed by atoms with Crippen LogP contribution in [0.2, 0.25) is 0 Å². The average molecular weight is 279 g/mol. The van der Waals surface area contributed by atoms with Crippen molar-refractivity contribution in [2.45, 2.75) is 43.6 Å². The number of fused-ring (bicyclic) bond motifs is 1. The van der Waals surface area contributed by atoms with Gasteiger partial charge in [-0.15, -0.1) is 0 Å². The number of ether oxygens (including phenoxy) is 1. The van der Waals surface area contributed by atoms with E-state index in [-0.39, 0.29) is 4.70 Å². The first-order chi connectivity index (χ1) is 9.08. The maximum Gasteiger partial charge on any atom is 0.119 e. The molecule has 1 aliphatic carbocycles. The fraction of sp³-hybridized carbons (Fsp3) is 0.647. The van der Waals surface area contributed by atoms with E-state index in [1.165, 1.54) is 48.7 Å². The second-order valence-corrected chi connectivity index (χ2v) is 6.90. The Bertz CT molecular complexity index is 474. The second-order valence-electron chi connectivity index (χ2n) is 6.90. The molecule has 3 rings (SSSR count). The molecule has 0 spiro atoms. The molecular formula is C17H26FNO. The summed E-state index contributed by atoms with van der Waals surface area (Å²) in [6.07, 6.45) is 6.85. The third-order valence-corrected chi connectivity index (χ3v) is 5.61. The van der Waals surface area contributed by atoms with Crippen molar-refractivity contribution in [3.05, 3.63) is 29.8 Å². The van der Waals surface area contributed by atoms with Crippen LogP contribution in [0.15, 0.2) is 24.3 Å². The van der Waals surface area contributed by atoms with E-state index in [1.807, 2.05) is 0 Å². The topological polar surface area (TPSA) is 9.23 Å². The molecule has 2 fully saturated rings. The van der Waals surface area contributed by atoms with Crippen molar-refractivity contribution in [3.8, 4) is 5.75 Å². The molecule has 112 valence electrons. The largest absolute Gasteiger partial charge is 1.00 e. The molecule has 2 unspecified atom stereocenters. The number of benzene rings is 1. The summed E-state index contributed by atoms with van der Waals surface area (Å²) in [6.45, 7) is 1.31. The van der Waals surface area contributed by atoms with Crippen LogP contribution in [0.4, 0.5) is 0 Å². The molecule has 1 heterocycles. The first-order valence-corrected chi connectivity index (χ1v) is 7.56. The van der Waals surface area contributed by atoms with E-state index in [0.717, 1.165) is 11.8 Å². The van der Waals surface area contributed by atoms with Gasteiger partial charge < -0.3 is 13.9 Å². The van der Waals surface area contributed by atoms with Gasteiger partial charge in [-0.25, -0.2) is 0 Å². The summed E-state index contributed by atoms with van der Waals surface area (Å²) in [5.74, 6) is 1.01. The van der Waals surface area contributed by atoms with Crippen LogP contribution < -0.4 is 9.44 Å². The summed E-state index contributed by atoms with van der Waals surface area (Å²) in [7, 11) is 6.60. The summed E-state index contributed by atoms with van der Waals surface area (Å²) in [6, 6.07) is 9.61. The van der Waals surface area contributed by atoms with E-state index in [1.54, 1.807) is 7.11 Å². The standard InChI is InChI=1S/C17H26NO.FH/c1-18(2)12-11-17(10-5-4-9-16(17)18)14-7-6-8-15(13-14)19-3;/h6-8,13,16H,4-5,9-12H2,1-3H3;1H/q+1;/p-1. The summed E-state index contributed by atoms with van der Waals surface area (Å²) in [5.41, 5.74) is 1.91. The summed E-state index contributed by atoms with van der Waals surface area (Å²) in [5, 5.41) is 0. The smallest absolute Gasteiger partial charge is 0.119 e. The minimum atomic E-state index is 0. The summed E-state index contributed by atoms with van der Waals surface area (Å²) in [4.78, 5) is 0. The molecule has 2 aliphatic rings. The van der Waals surface area contributed by atoms with Crippen molar-refractivity contribution < 1.29 is 13.9 Å². The molecule has 2 nitrogen and oxygen atoms in total. The summed E-state index contributed by atoms with van der Waals surface area (Å²) >= 11 is 0. The molecule has 0 aromatic heterocycles. The molecule has 1 saturated heterocycles.